The van der Waals surface area contributed by atoms with Crippen LogP contribution >= 0.6 is 0 Å². The average Bonchev–Trinajstić information content (AvgIpc) is 3.12. The lowest BCUT2D eigenvalue weighted by atomic mass is 10.2. The largest absolute Gasteiger partial charge is 0.358 e. The zero-order valence-electron chi connectivity index (χ0n) is 13.7. The zero-order chi connectivity index (χ0) is 16.9. The minimum absolute atomic E-state index is 0.00284. The lowest BCUT2D eigenvalue weighted by Crippen LogP contribution is -2.51. The predicted molar refractivity (Wildman–Crippen MR) is 90.0 cm³/mol. The Morgan fingerprint density at radius 1 is 1.12 bits per heavy atom. The van der Waals surface area contributed by atoms with Crippen LogP contribution < -0.4 is 5.32 Å². The van der Waals surface area contributed by atoms with Gasteiger partial charge in [0.25, 0.3) is 5.91 Å². The van der Waals surface area contributed by atoms with Crippen LogP contribution in [0.25, 0.3) is 5.69 Å². The van der Waals surface area contributed by atoms with Crippen LogP contribution in [0.5, 0.6) is 0 Å². The number of hydrogen-bond donors (Lipinski definition) is 1. The molecule has 0 saturated carbocycles. The molecule has 3 rings (SSSR count). The first kappa shape index (κ1) is 16.2. The van der Waals surface area contributed by atoms with E-state index in [0.29, 0.717) is 38.4 Å². The number of carbonyl (C=O) groups excluding carboxylic acids is 2. The second-order valence-electron chi connectivity index (χ2n) is 5.73. The lowest BCUT2D eigenvalue weighted by Gasteiger charge is -2.34. The third kappa shape index (κ3) is 3.46. The van der Waals surface area contributed by atoms with Gasteiger partial charge in [0, 0.05) is 38.9 Å². The first-order valence-corrected chi connectivity index (χ1v) is 7.99. The molecule has 126 valence electrons. The molecule has 0 bridgehead atoms. The molecule has 7 heteroatoms. The van der Waals surface area contributed by atoms with Crippen LogP contribution in [0.3, 0.4) is 0 Å². The van der Waals surface area contributed by atoms with Gasteiger partial charge in [-0.3, -0.25) is 19.1 Å². The maximum absolute atomic E-state index is 12.8. The van der Waals surface area contributed by atoms with Crippen molar-refractivity contribution < 1.29 is 9.59 Å². The number of para-hydroxylation sites is 1. The van der Waals surface area contributed by atoms with Crippen LogP contribution in [-0.4, -0.2) is 70.9 Å². The number of imidazole rings is 1. The Morgan fingerprint density at radius 2 is 1.83 bits per heavy atom. The molecule has 24 heavy (non-hydrogen) atoms. The van der Waals surface area contributed by atoms with E-state index in [2.05, 4.69) is 15.2 Å². The van der Waals surface area contributed by atoms with E-state index in [1.54, 1.807) is 24.1 Å². The van der Waals surface area contributed by atoms with Crippen molar-refractivity contribution in [3.8, 4) is 5.69 Å². The van der Waals surface area contributed by atoms with Crippen molar-refractivity contribution in [3.05, 3.63) is 48.5 Å². The fourth-order valence-corrected chi connectivity index (χ4v) is 2.80. The maximum atomic E-state index is 12.8. The molecule has 2 heterocycles. The van der Waals surface area contributed by atoms with Gasteiger partial charge < -0.3 is 10.2 Å². The van der Waals surface area contributed by atoms with Gasteiger partial charge in [0.05, 0.1) is 19.1 Å². The topological polar surface area (TPSA) is 70.5 Å². The molecule has 0 aliphatic carbocycles. The quantitative estimate of drug-likeness (QED) is 0.881. The van der Waals surface area contributed by atoms with Crippen molar-refractivity contribution in [1.29, 1.82) is 0 Å². The molecular weight excluding hydrogens is 306 g/mol. The summed E-state index contributed by atoms with van der Waals surface area (Å²) in [5, 5.41) is 2.62. The van der Waals surface area contributed by atoms with Gasteiger partial charge in [0.2, 0.25) is 5.91 Å². The Bertz CT molecular complexity index is 705. The number of amides is 2. The number of carbonyl (C=O) groups is 2. The van der Waals surface area contributed by atoms with E-state index in [1.807, 2.05) is 35.2 Å². The third-order valence-electron chi connectivity index (χ3n) is 4.20. The Hall–Kier alpha value is -2.67. The van der Waals surface area contributed by atoms with Crippen LogP contribution in [0.4, 0.5) is 0 Å². The van der Waals surface area contributed by atoms with Crippen LogP contribution in [0.2, 0.25) is 0 Å². The SMILES string of the molecule is CNC(=O)CN1CCN(C(=O)c2cncn2-c2ccccc2)CC1. The van der Waals surface area contributed by atoms with Gasteiger partial charge in [-0.1, -0.05) is 18.2 Å². The highest BCUT2D eigenvalue weighted by Gasteiger charge is 2.25. The van der Waals surface area contributed by atoms with E-state index < -0.39 is 0 Å². The standard InChI is InChI=1S/C17H21N5O2/c1-18-16(23)12-20-7-9-21(10-8-20)17(24)15-11-19-13-22(15)14-5-3-2-4-6-14/h2-6,11,13H,7-10,12H2,1H3,(H,18,23). The van der Waals surface area contributed by atoms with Crippen LogP contribution in [0.15, 0.2) is 42.9 Å². The van der Waals surface area contributed by atoms with Crippen LogP contribution in [-0.2, 0) is 4.79 Å². The van der Waals surface area contributed by atoms with Crippen molar-refractivity contribution in [2.45, 2.75) is 0 Å². The third-order valence-corrected chi connectivity index (χ3v) is 4.20. The molecule has 1 aliphatic rings. The van der Waals surface area contributed by atoms with Gasteiger partial charge in [-0.15, -0.1) is 0 Å². The van der Waals surface area contributed by atoms with E-state index in [4.69, 9.17) is 0 Å². The molecule has 0 unspecified atom stereocenters. The Morgan fingerprint density at radius 3 is 2.50 bits per heavy atom. The van der Waals surface area contributed by atoms with Gasteiger partial charge in [-0.25, -0.2) is 4.98 Å². The number of nitrogens with zero attached hydrogens (tertiary/aromatic N) is 4. The first-order chi connectivity index (χ1) is 11.7. The number of hydrogen-bond acceptors (Lipinski definition) is 4. The minimum atomic E-state index is -0.0315. The summed E-state index contributed by atoms with van der Waals surface area (Å²) in [4.78, 5) is 32.2. The summed E-state index contributed by atoms with van der Waals surface area (Å²) >= 11 is 0. The number of likely N-dealkylation sites (N-methyl/N-ethyl adjacent to an activating group) is 1. The number of piperazine rings is 1. The molecule has 1 saturated heterocycles. The van der Waals surface area contributed by atoms with Crippen molar-refractivity contribution in [2.24, 2.45) is 0 Å². The molecule has 1 N–H and O–H groups in total. The van der Waals surface area contributed by atoms with Gasteiger partial charge in [0.15, 0.2) is 0 Å². The van der Waals surface area contributed by atoms with Gasteiger partial charge in [-0.05, 0) is 12.1 Å². The summed E-state index contributed by atoms with van der Waals surface area (Å²) in [7, 11) is 1.63. The Kier molecular flexibility index (Phi) is 4.90. The highest BCUT2D eigenvalue weighted by molar-refractivity contribution is 5.93. The van der Waals surface area contributed by atoms with E-state index in [9.17, 15) is 9.59 Å². The summed E-state index contributed by atoms with van der Waals surface area (Å²) in [6.45, 7) is 2.98. The number of nitrogens with one attached hydrogen (secondary N) is 1. The fourth-order valence-electron chi connectivity index (χ4n) is 2.80. The summed E-state index contributed by atoms with van der Waals surface area (Å²) in [6.07, 6.45) is 3.26. The van der Waals surface area contributed by atoms with Gasteiger partial charge in [0.1, 0.15) is 5.69 Å². The average molecular weight is 327 g/mol. The molecule has 1 aromatic heterocycles. The molecule has 0 spiro atoms. The molecule has 0 radical (unpaired) electrons. The van der Waals surface area contributed by atoms with Crippen LogP contribution in [0.1, 0.15) is 10.5 Å². The molecule has 0 atom stereocenters. The fraction of sp³-hybridized carbons (Fsp3) is 0.353. The van der Waals surface area contributed by atoms with E-state index in [0.717, 1.165) is 5.69 Å². The summed E-state index contributed by atoms with van der Waals surface area (Å²) < 4.78 is 1.80. The van der Waals surface area contributed by atoms with Crippen molar-refractivity contribution in [2.75, 3.05) is 39.8 Å². The highest BCUT2D eigenvalue weighted by atomic mass is 16.2. The first-order valence-electron chi connectivity index (χ1n) is 7.99. The predicted octanol–water partition coefficient (Wildman–Crippen LogP) is 0.376. The number of benzene rings is 1. The highest BCUT2D eigenvalue weighted by Crippen LogP contribution is 2.14. The molecule has 1 aliphatic heterocycles. The van der Waals surface area contributed by atoms with Crippen molar-refractivity contribution >= 4 is 11.8 Å². The second kappa shape index (κ2) is 7.27. The van der Waals surface area contributed by atoms with Gasteiger partial charge >= 0.3 is 0 Å². The van der Waals surface area contributed by atoms with E-state index >= 15 is 0 Å². The minimum Gasteiger partial charge on any atom is -0.358 e. The summed E-state index contributed by atoms with van der Waals surface area (Å²) in [6, 6.07) is 9.69. The summed E-state index contributed by atoms with van der Waals surface area (Å²) in [5.74, 6) is -0.0344. The zero-order valence-corrected chi connectivity index (χ0v) is 13.7. The van der Waals surface area contributed by atoms with Crippen LogP contribution in [0, 0.1) is 0 Å². The lowest BCUT2D eigenvalue weighted by molar-refractivity contribution is -0.122. The number of rotatable bonds is 4. The molecule has 2 amide bonds. The van der Waals surface area contributed by atoms with Crippen molar-refractivity contribution in [1.82, 2.24) is 24.7 Å². The smallest absolute Gasteiger partial charge is 0.272 e. The molecular formula is C17H21N5O2. The molecule has 2 aromatic rings. The monoisotopic (exact) mass is 327 g/mol. The van der Waals surface area contributed by atoms with Crippen molar-refractivity contribution in [3.63, 3.8) is 0 Å². The second-order valence-corrected chi connectivity index (χ2v) is 5.73. The van der Waals surface area contributed by atoms with Gasteiger partial charge in [-0.2, -0.15) is 0 Å². The van der Waals surface area contributed by atoms with E-state index in [-0.39, 0.29) is 11.8 Å². The normalized spacial score (nSPS) is 15.3. The van der Waals surface area contributed by atoms with E-state index in [1.165, 1.54) is 0 Å². The molecule has 1 fully saturated rings. The summed E-state index contributed by atoms with van der Waals surface area (Å²) in [5.41, 5.74) is 1.47. The number of aromatic nitrogens is 2. The Balaban J connectivity index is 1.67. The maximum Gasteiger partial charge on any atom is 0.272 e. The Labute approximate surface area is 140 Å². The molecule has 1 aromatic carbocycles. The molecule has 7 nitrogen and oxygen atoms in total.